The summed E-state index contributed by atoms with van der Waals surface area (Å²) >= 11 is 0. The molecule has 3 rings (SSSR count). The monoisotopic (exact) mass is 555 g/mol. The molecule has 0 heterocycles. The van der Waals surface area contributed by atoms with E-state index in [0.29, 0.717) is 23.3 Å². The van der Waals surface area contributed by atoms with Gasteiger partial charge in [-0.05, 0) is 77.9 Å². The maximum atomic E-state index is 13.0. The first-order valence-corrected chi connectivity index (χ1v) is 13.7. The van der Waals surface area contributed by atoms with Crippen molar-refractivity contribution in [3.05, 3.63) is 89.0 Å². The summed E-state index contributed by atoms with van der Waals surface area (Å²) in [4.78, 5) is 23.0. The Balaban J connectivity index is 1.79. The fourth-order valence-corrected chi connectivity index (χ4v) is 4.50. The molecule has 2 N–H and O–H groups in total. The molecule has 8 heteroatoms. The summed E-state index contributed by atoms with van der Waals surface area (Å²) < 4.78 is 45.4. The van der Waals surface area contributed by atoms with Crippen LogP contribution in [0.15, 0.2) is 66.7 Å². The third-order valence-corrected chi connectivity index (χ3v) is 6.75. The molecule has 1 unspecified atom stereocenters. The number of nitrogens with one attached hydrogen (secondary N) is 1. The van der Waals surface area contributed by atoms with Crippen LogP contribution in [0.2, 0.25) is 0 Å². The Morgan fingerprint density at radius 1 is 0.925 bits per heavy atom. The van der Waals surface area contributed by atoms with E-state index in [1.54, 1.807) is 12.1 Å². The van der Waals surface area contributed by atoms with Crippen molar-refractivity contribution in [2.45, 2.75) is 71.1 Å². The number of ether oxygens (including phenoxy) is 1. The second-order valence-electron chi connectivity index (χ2n) is 9.73. The van der Waals surface area contributed by atoms with Gasteiger partial charge in [0.25, 0.3) is 5.91 Å². The first kappa shape index (κ1) is 30.7. The Bertz CT molecular complexity index is 1250. The lowest BCUT2D eigenvalue weighted by Crippen LogP contribution is -2.26. The fraction of sp³-hybridized carbons (Fsp3) is 0.375. The number of carboxylic acids is 1. The second kappa shape index (κ2) is 14.5. The molecule has 40 heavy (non-hydrogen) atoms. The van der Waals surface area contributed by atoms with Gasteiger partial charge in [0.15, 0.2) is 0 Å². The first-order valence-electron chi connectivity index (χ1n) is 13.7. The highest BCUT2D eigenvalue weighted by atomic mass is 19.4. The van der Waals surface area contributed by atoms with Gasteiger partial charge in [0.05, 0.1) is 12.0 Å². The highest BCUT2D eigenvalue weighted by Crippen LogP contribution is 2.34. The Hall–Kier alpha value is -3.81. The van der Waals surface area contributed by atoms with Gasteiger partial charge in [0, 0.05) is 12.1 Å². The summed E-state index contributed by atoms with van der Waals surface area (Å²) in [5.41, 5.74) is 3.22. The quantitative estimate of drug-likeness (QED) is 0.197. The van der Waals surface area contributed by atoms with E-state index in [4.69, 9.17) is 9.84 Å². The molecule has 214 valence electrons. The number of aryl methyl sites for hydroxylation is 1. The minimum atomic E-state index is -4.38. The van der Waals surface area contributed by atoms with Crippen LogP contribution in [0.25, 0.3) is 11.1 Å². The van der Waals surface area contributed by atoms with Crippen molar-refractivity contribution in [3.8, 4) is 16.9 Å². The zero-order chi connectivity index (χ0) is 29.1. The minimum absolute atomic E-state index is 0.0569. The first-order chi connectivity index (χ1) is 19.1. The molecule has 0 aliphatic carbocycles. The van der Waals surface area contributed by atoms with Gasteiger partial charge in [-0.2, -0.15) is 13.2 Å². The number of unbranched alkanes of at least 4 members (excludes halogenated alkanes) is 3. The molecule has 0 saturated carbocycles. The molecule has 0 spiro atoms. The molecule has 0 saturated heterocycles. The van der Waals surface area contributed by atoms with Gasteiger partial charge in [0.2, 0.25) is 0 Å². The summed E-state index contributed by atoms with van der Waals surface area (Å²) in [6.45, 7) is 4.20. The minimum Gasteiger partial charge on any atom is -0.486 e. The Kier molecular flexibility index (Phi) is 11.2. The molecule has 0 bridgehead atoms. The van der Waals surface area contributed by atoms with E-state index >= 15 is 0 Å². The highest BCUT2D eigenvalue weighted by Gasteiger charge is 2.30. The predicted molar refractivity (Wildman–Crippen MR) is 149 cm³/mol. The molecule has 1 amide bonds. The SMILES string of the molecule is CCCCCCC(Oc1ccc(-c2ccc(C(F)(F)F)cc2)c(CC)c1)c1ccc(C(=O)NCCC(=O)O)cc1. The van der Waals surface area contributed by atoms with E-state index in [1.807, 2.05) is 37.3 Å². The van der Waals surface area contributed by atoms with Crippen LogP contribution in [0, 0.1) is 0 Å². The molecule has 0 aliphatic rings. The van der Waals surface area contributed by atoms with Crippen LogP contribution in [0.4, 0.5) is 13.2 Å². The van der Waals surface area contributed by atoms with Gasteiger partial charge >= 0.3 is 12.1 Å². The molecule has 1 atom stereocenters. The number of aliphatic carboxylic acids is 1. The second-order valence-corrected chi connectivity index (χ2v) is 9.73. The van der Waals surface area contributed by atoms with Crippen LogP contribution in [0.5, 0.6) is 5.75 Å². The normalized spacial score (nSPS) is 12.1. The average Bonchev–Trinajstić information content (AvgIpc) is 2.94. The summed E-state index contributed by atoms with van der Waals surface area (Å²) in [6, 6.07) is 18.0. The van der Waals surface area contributed by atoms with Gasteiger partial charge in [-0.25, -0.2) is 0 Å². The number of halogens is 3. The van der Waals surface area contributed by atoms with Crippen molar-refractivity contribution in [2.75, 3.05) is 6.54 Å². The van der Waals surface area contributed by atoms with Crippen LogP contribution in [0.1, 0.15) is 85.5 Å². The Morgan fingerprint density at radius 2 is 1.62 bits per heavy atom. The van der Waals surface area contributed by atoms with Gasteiger partial charge in [-0.3, -0.25) is 9.59 Å². The van der Waals surface area contributed by atoms with E-state index in [-0.39, 0.29) is 25.0 Å². The standard InChI is InChI=1S/C32H36F3NO4/c1-3-5-6-7-8-29(24-9-11-25(12-10-24)31(39)36-20-19-30(37)38)40-27-17-18-28(22(4-2)21-27)23-13-15-26(16-14-23)32(33,34)35/h9-18,21,29H,3-8,19-20H2,1-2H3,(H,36,39)(H,37,38). The predicted octanol–water partition coefficient (Wildman–Crippen LogP) is 8.23. The molecule has 3 aromatic carbocycles. The summed E-state index contributed by atoms with van der Waals surface area (Å²) in [5.74, 6) is -0.638. The number of alkyl halides is 3. The molecular weight excluding hydrogens is 519 g/mol. The largest absolute Gasteiger partial charge is 0.486 e. The molecule has 0 aromatic heterocycles. The third-order valence-electron chi connectivity index (χ3n) is 6.75. The van der Waals surface area contributed by atoms with Crippen molar-refractivity contribution < 1.29 is 32.6 Å². The molecule has 3 aromatic rings. The van der Waals surface area contributed by atoms with Gasteiger partial charge in [-0.15, -0.1) is 0 Å². The molecule has 0 aliphatic heterocycles. The number of hydrogen-bond donors (Lipinski definition) is 2. The number of rotatable bonds is 14. The lowest BCUT2D eigenvalue weighted by molar-refractivity contribution is -0.138. The molecule has 0 fully saturated rings. The van der Waals surface area contributed by atoms with Crippen molar-refractivity contribution in [3.63, 3.8) is 0 Å². The van der Waals surface area contributed by atoms with Crippen molar-refractivity contribution in [1.29, 1.82) is 0 Å². The lowest BCUT2D eigenvalue weighted by Gasteiger charge is -2.21. The number of benzene rings is 3. The zero-order valence-electron chi connectivity index (χ0n) is 22.9. The molecule has 0 radical (unpaired) electrons. The van der Waals surface area contributed by atoms with Gasteiger partial charge in [-0.1, -0.05) is 63.4 Å². The van der Waals surface area contributed by atoms with Crippen molar-refractivity contribution in [2.24, 2.45) is 0 Å². The maximum absolute atomic E-state index is 13.0. The van der Waals surface area contributed by atoms with E-state index in [2.05, 4.69) is 12.2 Å². The summed E-state index contributed by atoms with van der Waals surface area (Å²) in [6.07, 6.45) is 0.989. The topological polar surface area (TPSA) is 75.6 Å². The van der Waals surface area contributed by atoms with E-state index in [1.165, 1.54) is 12.1 Å². The lowest BCUT2D eigenvalue weighted by atomic mass is 9.96. The smallest absolute Gasteiger partial charge is 0.416 e. The molecule has 5 nitrogen and oxygen atoms in total. The number of carboxylic acid groups (broad SMARTS) is 1. The van der Waals surface area contributed by atoms with Crippen molar-refractivity contribution in [1.82, 2.24) is 5.32 Å². The van der Waals surface area contributed by atoms with Crippen LogP contribution < -0.4 is 10.1 Å². The number of carbonyl (C=O) groups is 2. The van der Waals surface area contributed by atoms with Crippen LogP contribution in [-0.2, 0) is 17.4 Å². The van der Waals surface area contributed by atoms with Crippen molar-refractivity contribution >= 4 is 11.9 Å². The summed E-state index contributed by atoms with van der Waals surface area (Å²) in [7, 11) is 0. The van der Waals surface area contributed by atoms with E-state index < -0.39 is 17.7 Å². The number of amides is 1. The fourth-order valence-electron chi connectivity index (χ4n) is 4.50. The molecular formula is C32H36F3NO4. The maximum Gasteiger partial charge on any atom is 0.416 e. The van der Waals surface area contributed by atoms with Gasteiger partial charge < -0.3 is 15.2 Å². The number of hydrogen-bond acceptors (Lipinski definition) is 3. The average molecular weight is 556 g/mol. The van der Waals surface area contributed by atoms with Crippen LogP contribution in [-0.4, -0.2) is 23.5 Å². The zero-order valence-corrected chi connectivity index (χ0v) is 22.9. The van der Waals surface area contributed by atoms with Crippen LogP contribution in [0.3, 0.4) is 0 Å². The Labute approximate surface area is 233 Å². The van der Waals surface area contributed by atoms with Crippen LogP contribution >= 0.6 is 0 Å². The van der Waals surface area contributed by atoms with Gasteiger partial charge in [0.1, 0.15) is 11.9 Å². The van der Waals surface area contributed by atoms with E-state index in [9.17, 15) is 22.8 Å². The summed E-state index contributed by atoms with van der Waals surface area (Å²) in [5, 5.41) is 11.4. The third kappa shape index (κ3) is 8.86. The highest BCUT2D eigenvalue weighted by molar-refractivity contribution is 5.94. The number of carbonyl (C=O) groups excluding carboxylic acids is 1. The van der Waals surface area contributed by atoms with E-state index in [0.717, 1.165) is 60.9 Å². The Morgan fingerprint density at radius 3 is 2.23 bits per heavy atom.